The van der Waals surface area contributed by atoms with Crippen molar-refractivity contribution >= 4 is 40.7 Å². The van der Waals surface area contributed by atoms with E-state index in [4.69, 9.17) is 4.74 Å². The van der Waals surface area contributed by atoms with Crippen molar-refractivity contribution in [3.63, 3.8) is 0 Å². The zero-order valence-corrected chi connectivity index (χ0v) is 18.8. The lowest BCUT2D eigenvalue weighted by Crippen LogP contribution is -2.47. The molecule has 1 aliphatic rings. The van der Waals surface area contributed by atoms with Crippen LogP contribution >= 0.6 is 11.3 Å². The van der Waals surface area contributed by atoms with Crippen LogP contribution in [0.25, 0.3) is 0 Å². The summed E-state index contributed by atoms with van der Waals surface area (Å²) in [5.41, 5.74) is 0.805. The SMILES string of the molecule is CCOC(=O)c1ccc(N(CC(=O)NC2CCCC2)C(=O)CNC(=O)c2cccs2)cc1. The van der Waals surface area contributed by atoms with E-state index in [1.54, 1.807) is 48.7 Å². The van der Waals surface area contributed by atoms with E-state index in [-0.39, 0.29) is 37.6 Å². The molecule has 1 saturated carbocycles. The van der Waals surface area contributed by atoms with Gasteiger partial charge in [0.05, 0.1) is 23.6 Å². The number of benzene rings is 1. The predicted octanol–water partition coefficient (Wildman–Crippen LogP) is 2.75. The second-order valence-corrected chi connectivity index (χ2v) is 8.40. The Morgan fingerprint density at radius 2 is 1.81 bits per heavy atom. The number of amides is 3. The molecule has 32 heavy (non-hydrogen) atoms. The van der Waals surface area contributed by atoms with Gasteiger partial charge in [0, 0.05) is 11.7 Å². The van der Waals surface area contributed by atoms with Crippen LogP contribution < -0.4 is 15.5 Å². The van der Waals surface area contributed by atoms with Crippen molar-refractivity contribution < 1.29 is 23.9 Å². The Hall–Kier alpha value is -3.20. The number of carbonyl (C=O) groups is 4. The average Bonchev–Trinajstić information content (AvgIpc) is 3.50. The maximum Gasteiger partial charge on any atom is 0.338 e. The first-order valence-corrected chi connectivity index (χ1v) is 11.5. The monoisotopic (exact) mass is 457 g/mol. The van der Waals surface area contributed by atoms with Crippen molar-refractivity contribution in [2.24, 2.45) is 0 Å². The summed E-state index contributed by atoms with van der Waals surface area (Å²) in [7, 11) is 0. The van der Waals surface area contributed by atoms with Crippen LogP contribution in [0.15, 0.2) is 41.8 Å². The van der Waals surface area contributed by atoms with Crippen LogP contribution in [0.5, 0.6) is 0 Å². The molecule has 1 aliphatic carbocycles. The van der Waals surface area contributed by atoms with Gasteiger partial charge >= 0.3 is 5.97 Å². The number of rotatable bonds is 9. The number of esters is 1. The predicted molar refractivity (Wildman–Crippen MR) is 122 cm³/mol. The molecule has 9 heteroatoms. The van der Waals surface area contributed by atoms with Crippen molar-refractivity contribution in [1.29, 1.82) is 0 Å². The van der Waals surface area contributed by atoms with Crippen LogP contribution in [0, 0.1) is 0 Å². The van der Waals surface area contributed by atoms with Crippen LogP contribution in [0.4, 0.5) is 5.69 Å². The molecule has 0 radical (unpaired) electrons. The number of thiophene rings is 1. The molecule has 0 spiro atoms. The maximum atomic E-state index is 13.0. The van der Waals surface area contributed by atoms with Crippen LogP contribution in [0.2, 0.25) is 0 Å². The van der Waals surface area contributed by atoms with Gasteiger partial charge < -0.3 is 20.3 Å². The molecule has 1 aromatic heterocycles. The van der Waals surface area contributed by atoms with Gasteiger partial charge in [-0.1, -0.05) is 18.9 Å². The molecular weight excluding hydrogens is 430 g/mol. The molecule has 1 aromatic carbocycles. The lowest BCUT2D eigenvalue weighted by atomic mass is 10.2. The second-order valence-electron chi connectivity index (χ2n) is 7.46. The Morgan fingerprint density at radius 3 is 2.44 bits per heavy atom. The molecule has 0 atom stereocenters. The topological polar surface area (TPSA) is 105 Å². The molecule has 2 N–H and O–H groups in total. The molecule has 0 saturated heterocycles. The minimum atomic E-state index is -0.459. The zero-order valence-electron chi connectivity index (χ0n) is 18.0. The smallest absolute Gasteiger partial charge is 0.338 e. The van der Waals surface area contributed by atoms with Gasteiger partial charge in [-0.05, 0) is 55.5 Å². The van der Waals surface area contributed by atoms with E-state index in [9.17, 15) is 19.2 Å². The summed E-state index contributed by atoms with van der Waals surface area (Å²) < 4.78 is 4.98. The van der Waals surface area contributed by atoms with Gasteiger partial charge in [0.2, 0.25) is 11.8 Å². The third-order valence-electron chi connectivity index (χ3n) is 5.16. The third-order valence-corrected chi connectivity index (χ3v) is 6.03. The molecule has 8 nitrogen and oxygen atoms in total. The van der Waals surface area contributed by atoms with E-state index in [0.29, 0.717) is 16.1 Å². The summed E-state index contributed by atoms with van der Waals surface area (Å²) in [4.78, 5) is 51.5. The fourth-order valence-corrected chi connectivity index (χ4v) is 4.19. The average molecular weight is 458 g/mol. The Kier molecular flexibility index (Phi) is 8.38. The Bertz CT molecular complexity index is 937. The lowest BCUT2D eigenvalue weighted by Gasteiger charge is -2.24. The van der Waals surface area contributed by atoms with Crippen molar-refractivity contribution in [1.82, 2.24) is 10.6 Å². The van der Waals surface area contributed by atoms with E-state index < -0.39 is 11.9 Å². The van der Waals surface area contributed by atoms with Gasteiger partial charge in [0.25, 0.3) is 5.91 Å². The fraction of sp³-hybridized carbons (Fsp3) is 0.391. The number of ether oxygens (including phenoxy) is 1. The summed E-state index contributed by atoms with van der Waals surface area (Å²) in [5.74, 6) is -1.50. The lowest BCUT2D eigenvalue weighted by molar-refractivity contribution is -0.123. The van der Waals surface area contributed by atoms with Crippen molar-refractivity contribution in [3.05, 3.63) is 52.2 Å². The van der Waals surface area contributed by atoms with Crippen molar-refractivity contribution in [2.75, 3.05) is 24.6 Å². The second kappa shape index (κ2) is 11.4. The quantitative estimate of drug-likeness (QED) is 0.564. The highest BCUT2D eigenvalue weighted by molar-refractivity contribution is 7.12. The molecule has 1 fully saturated rings. The molecular formula is C23H27N3O5S. The molecule has 3 rings (SSSR count). The van der Waals surface area contributed by atoms with Crippen LogP contribution in [-0.4, -0.2) is 49.4 Å². The summed E-state index contributed by atoms with van der Waals surface area (Å²) in [6.45, 7) is 1.55. The molecule has 0 bridgehead atoms. The highest BCUT2D eigenvalue weighted by Gasteiger charge is 2.23. The van der Waals surface area contributed by atoms with Crippen LogP contribution in [0.1, 0.15) is 52.6 Å². The van der Waals surface area contributed by atoms with Gasteiger partial charge in [-0.3, -0.25) is 14.4 Å². The minimum Gasteiger partial charge on any atom is -0.462 e. The van der Waals surface area contributed by atoms with E-state index in [1.807, 2.05) is 0 Å². The normalized spacial score (nSPS) is 13.4. The zero-order chi connectivity index (χ0) is 22.9. The molecule has 0 aliphatic heterocycles. The summed E-state index contributed by atoms with van der Waals surface area (Å²) >= 11 is 1.28. The Balaban J connectivity index is 1.70. The van der Waals surface area contributed by atoms with Crippen molar-refractivity contribution in [2.45, 2.75) is 38.6 Å². The third kappa shape index (κ3) is 6.40. The first-order valence-electron chi connectivity index (χ1n) is 10.7. The first-order chi connectivity index (χ1) is 15.5. The van der Waals surface area contributed by atoms with E-state index >= 15 is 0 Å². The molecule has 170 valence electrons. The van der Waals surface area contributed by atoms with E-state index in [2.05, 4.69) is 10.6 Å². The highest BCUT2D eigenvalue weighted by Crippen LogP contribution is 2.19. The highest BCUT2D eigenvalue weighted by atomic mass is 32.1. The standard InChI is InChI=1S/C23H27N3O5S/c1-2-31-23(30)16-9-11-18(12-10-16)26(15-20(27)25-17-6-3-4-7-17)21(28)14-24-22(29)19-8-5-13-32-19/h5,8-13,17H,2-4,6-7,14-15H2,1H3,(H,24,29)(H,25,27). The first kappa shape index (κ1) is 23.5. The van der Waals surface area contributed by atoms with E-state index in [0.717, 1.165) is 25.7 Å². The summed E-state index contributed by atoms with van der Waals surface area (Å²) in [6.07, 6.45) is 4.03. The summed E-state index contributed by atoms with van der Waals surface area (Å²) in [5, 5.41) is 7.36. The van der Waals surface area contributed by atoms with E-state index in [1.165, 1.54) is 16.2 Å². The number of anilines is 1. The minimum absolute atomic E-state index is 0.129. The number of nitrogens with zero attached hydrogens (tertiary/aromatic N) is 1. The molecule has 1 heterocycles. The maximum absolute atomic E-state index is 13.0. The molecule has 2 aromatic rings. The number of hydrogen-bond acceptors (Lipinski definition) is 6. The molecule has 3 amide bonds. The Morgan fingerprint density at radius 1 is 1.09 bits per heavy atom. The van der Waals surface area contributed by atoms with Gasteiger partial charge in [0.1, 0.15) is 6.54 Å². The van der Waals surface area contributed by atoms with Gasteiger partial charge in [-0.15, -0.1) is 11.3 Å². The van der Waals surface area contributed by atoms with Gasteiger partial charge in [0.15, 0.2) is 0 Å². The van der Waals surface area contributed by atoms with Gasteiger partial charge in [-0.2, -0.15) is 0 Å². The largest absolute Gasteiger partial charge is 0.462 e. The Labute approximate surface area is 190 Å². The van der Waals surface area contributed by atoms with Crippen LogP contribution in [-0.2, 0) is 14.3 Å². The number of nitrogens with one attached hydrogen (secondary N) is 2. The molecule has 0 unspecified atom stereocenters. The number of carbonyl (C=O) groups excluding carboxylic acids is 4. The fourth-order valence-electron chi connectivity index (χ4n) is 3.55. The van der Waals surface area contributed by atoms with Crippen LogP contribution in [0.3, 0.4) is 0 Å². The van der Waals surface area contributed by atoms with Gasteiger partial charge in [-0.25, -0.2) is 4.79 Å². The van der Waals surface area contributed by atoms with Crippen molar-refractivity contribution in [3.8, 4) is 0 Å². The number of hydrogen-bond donors (Lipinski definition) is 2. The summed E-state index contributed by atoms with van der Waals surface area (Å²) in [6, 6.07) is 9.84.